The predicted octanol–water partition coefficient (Wildman–Crippen LogP) is 4.26. The van der Waals surface area contributed by atoms with Crippen LogP contribution in [-0.2, 0) is 32.7 Å². The number of hydrogen-bond donors (Lipinski definition) is 0. The Hall–Kier alpha value is 1.10. The zero-order chi connectivity index (χ0) is 9.11. The summed E-state index contributed by atoms with van der Waals surface area (Å²) >= 11 is 0. The van der Waals surface area contributed by atoms with E-state index in [0.717, 1.165) is 12.3 Å². The molecule has 1 heteroatoms. The van der Waals surface area contributed by atoms with Crippen molar-refractivity contribution in [2.75, 3.05) is 0 Å². The summed E-state index contributed by atoms with van der Waals surface area (Å²) in [7, 11) is 0. The molecule has 0 amide bonds. The van der Waals surface area contributed by atoms with E-state index in [0.29, 0.717) is 0 Å². The summed E-state index contributed by atoms with van der Waals surface area (Å²) in [6, 6.07) is 0. The van der Waals surface area contributed by atoms with E-state index in [2.05, 4.69) is 20.8 Å². The molecule has 0 atom stereocenters. The molecule has 0 fully saturated rings. The maximum Gasteiger partial charge on any atom is 0 e. The van der Waals surface area contributed by atoms with Crippen LogP contribution in [0.5, 0.6) is 0 Å². The van der Waals surface area contributed by atoms with Gasteiger partial charge in [-0.1, -0.05) is 33.1 Å². The summed E-state index contributed by atoms with van der Waals surface area (Å²) in [5, 5.41) is 0. The minimum absolute atomic E-state index is 0. The number of rotatable bonds is 4. The van der Waals surface area contributed by atoms with Crippen molar-refractivity contribution in [3.05, 3.63) is 13.3 Å². The van der Waals surface area contributed by atoms with Crippen LogP contribution < -0.4 is 0 Å². The molecule has 0 N–H and O–H groups in total. The molecule has 0 aliphatic heterocycles. The average Bonchev–Trinajstić information content (AvgIpc) is 1.89. The van der Waals surface area contributed by atoms with Crippen molar-refractivity contribution in [1.29, 1.82) is 0 Å². The second-order valence-corrected chi connectivity index (χ2v) is 3.32. The van der Waals surface area contributed by atoms with Gasteiger partial charge in [-0.2, -0.15) is 20.3 Å². The SMILES string of the molecule is C[CH-]C.[CH2-]CCCCC(C)C.[Y]. The maximum absolute atomic E-state index is 3.78. The minimum Gasteiger partial charge on any atom is -0.343 e. The summed E-state index contributed by atoms with van der Waals surface area (Å²) < 4.78 is 0. The second kappa shape index (κ2) is 18.0. The smallest absolute Gasteiger partial charge is 0 e. The van der Waals surface area contributed by atoms with E-state index in [4.69, 9.17) is 0 Å². The summed E-state index contributed by atoms with van der Waals surface area (Å²) in [5.74, 6) is 0.876. The van der Waals surface area contributed by atoms with Gasteiger partial charge in [0.2, 0.25) is 0 Å². The molecule has 0 rings (SSSR count). The van der Waals surface area contributed by atoms with E-state index in [-0.39, 0.29) is 32.7 Å². The van der Waals surface area contributed by atoms with Crippen molar-refractivity contribution < 1.29 is 32.7 Å². The Kier molecular flexibility index (Phi) is 28.2. The van der Waals surface area contributed by atoms with Crippen LogP contribution in [0.15, 0.2) is 0 Å². The van der Waals surface area contributed by atoms with Crippen LogP contribution in [0.2, 0.25) is 0 Å². The van der Waals surface area contributed by atoms with Gasteiger partial charge < -0.3 is 13.3 Å². The molecule has 0 aromatic carbocycles. The Bertz CT molecular complexity index is 51.0. The predicted molar refractivity (Wildman–Crippen MR) is 54.3 cm³/mol. The Labute approximate surface area is 105 Å². The number of unbranched alkanes of at least 4 members (excludes halogenated alkanes) is 2. The van der Waals surface area contributed by atoms with Gasteiger partial charge in [-0.15, -0.1) is 0 Å². The van der Waals surface area contributed by atoms with Crippen LogP contribution in [0.25, 0.3) is 0 Å². The fourth-order valence-corrected chi connectivity index (χ4v) is 0.729. The molecule has 0 unspecified atom stereocenters. The molecule has 12 heavy (non-hydrogen) atoms. The third kappa shape index (κ3) is 30.4. The van der Waals surface area contributed by atoms with E-state index < -0.39 is 0 Å². The maximum atomic E-state index is 3.78. The van der Waals surface area contributed by atoms with Gasteiger partial charge >= 0.3 is 0 Å². The summed E-state index contributed by atoms with van der Waals surface area (Å²) in [4.78, 5) is 0. The van der Waals surface area contributed by atoms with Crippen molar-refractivity contribution in [2.24, 2.45) is 5.92 Å². The first-order valence-corrected chi connectivity index (χ1v) is 4.72. The van der Waals surface area contributed by atoms with Gasteiger partial charge in [0.05, 0.1) is 0 Å². The summed E-state index contributed by atoms with van der Waals surface area (Å²) in [6.45, 7) is 12.3. The Morgan fingerprint density at radius 3 is 1.83 bits per heavy atom. The molecule has 0 heterocycles. The molecule has 0 saturated heterocycles. The molecule has 1 radical (unpaired) electrons. The topological polar surface area (TPSA) is 0 Å². The molecular weight excluding hydrogens is 221 g/mol. The van der Waals surface area contributed by atoms with Crippen molar-refractivity contribution >= 4 is 0 Å². The van der Waals surface area contributed by atoms with E-state index in [1.807, 2.05) is 20.3 Å². The Balaban J connectivity index is -0.000000177. The van der Waals surface area contributed by atoms with Gasteiger partial charge in [0.15, 0.2) is 0 Å². The van der Waals surface area contributed by atoms with E-state index in [1.54, 1.807) is 0 Å². The zero-order valence-electron chi connectivity index (χ0n) is 9.27. The first kappa shape index (κ1) is 18.8. The second-order valence-electron chi connectivity index (χ2n) is 3.32. The van der Waals surface area contributed by atoms with E-state index >= 15 is 0 Å². The van der Waals surface area contributed by atoms with Gasteiger partial charge in [-0.25, -0.2) is 0 Å². The van der Waals surface area contributed by atoms with Crippen molar-refractivity contribution in [3.63, 3.8) is 0 Å². The summed E-state index contributed by atoms with van der Waals surface area (Å²) in [5.41, 5.74) is 0. The Morgan fingerprint density at radius 2 is 1.58 bits per heavy atom. The zero-order valence-corrected chi connectivity index (χ0v) is 12.1. The van der Waals surface area contributed by atoms with Crippen LogP contribution in [-0.4, -0.2) is 0 Å². The van der Waals surface area contributed by atoms with E-state index in [1.165, 1.54) is 19.3 Å². The molecule has 0 saturated carbocycles. The fraction of sp³-hybridized carbons (Fsp3) is 0.818. The molecule has 0 nitrogen and oxygen atoms in total. The molecule has 0 aromatic rings. The van der Waals surface area contributed by atoms with Gasteiger partial charge in [0, 0.05) is 32.7 Å². The quantitative estimate of drug-likeness (QED) is 0.512. The van der Waals surface area contributed by atoms with Crippen molar-refractivity contribution in [3.8, 4) is 0 Å². The van der Waals surface area contributed by atoms with Crippen molar-refractivity contribution in [1.82, 2.24) is 0 Å². The first-order chi connectivity index (χ1) is 5.18. The normalized spacial score (nSPS) is 8.50. The molecular formula is C11H24Y-2. The molecule has 0 aliphatic carbocycles. The standard InChI is InChI=1S/C8H17.C3H7.Y/c1-4-5-6-7-8(2)3;1-3-2;/h8H,1,4-7H2,2-3H3;3H,1-2H3;/q2*-1;. The van der Waals surface area contributed by atoms with Gasteiger partial charge in [-0.05, 0) is 5.92 Å². The third-order valence-corrected chi connectivity index (χ3v) is 1.28. The Morgan fingerprint density at radius 1 is 1.17 bits per heavy atom. The number of hydrogen-bond acceptors (Lipinski definition) is 0. The fourth-order valence-electron chi connectivity index (χ4n) is 0.729. The van der Waals surface area contributed by atoms with E-state index in [9.17, 15) is 0 Å². The third-order valence-electron chi connectivity index (χ3n) is 1.28. The van der Waals surface area contributed by atoms with Gasteiger partial charge in [0.25, 0.3) is 0 Å². The average molecular weight is 245 g/mol. The molecule has 0 spiro atoms. The van der Waals surface area contributed by atoms with Crippen LogP contribution in [0.4, 0.5) is 0 Å². The first-order valence-electron chi connectivity index (χ1n) is 4.72. The molecule has 73 valence electrons. The van der Waals surface area contributed by atoms with Crippen LogP contribution >= 0.6 is 0 Å². The van der Waals surface area contributed by atoms with Crippen LogP contribution in [0.1, 0.15) is 53.4 Å². The molecule has 0 bridgehead atoms. The van der Waals surface area contributed by atoms with Gasteiger partial charge in [-0.3, -0.25) is 0 Å². The van der Waals surface area contributed by atoms with Crippen LogP contribution in [0, 0.1) is 19.3 Å². The molecule has 0 aliphatic rings. The summed E-state index contributed by atoms with van der Waals surface area (Å²) in [6.07, 6.45) is 7.14. The molecule has 0 aromatic heterocycles. The monoisotopic (exact) mass is 245 g/mol. The van der Waals surface area contributed by atoms with Crippen molar-refractivity contribution in [2.45, 2.75) is 53.4 Å². The minimum atomic E-state index is 0. The van der Waals surface area contributed by atoms with Gasteiger partial charge in [0.1, 0.15) is 0 Å². The van der Waals surface area contributed by atoms with Crippen LogP contribution in [0.3, 0.4) is 0 Å². The largest absolute Gasteiger partial charge is 0.343 e.